The van der Waals surface area contributed by atoms with Crippen molar-refractivity contribution < 1.29 is 4.79 Å². The van der Waals surface area contributed by atoms with Crippen LogP contribution in [0.4, 0.5) is 0 Å². The summed E-state index contributed by atoms with van der Waals surface area (Å²) < 4.78 is 1.01. The Balaban J connectivity index is 2.31. The molecule has 0 spiro atoms. The average molecular weight is 336 g/mol. The third-order valence-electron chi connectivity index (χ3n) is 3.72. The van der Waals surface area contributed by atoms with Gasteiger partial charge in [-0.25, -0.2) is 0 Å². The quantitative estimate of drug-likeness (QED) is 0.882. The molecule has 1 aromatic carbocycles. The van der Waals surface area contributed by atoms with Gasteiger partial charge in [-0.15, -0.1) is 0 Å². The van der Waals surface area contributed by atoms with Crippen LogP contribution in [0.3, 0.4) is 0 Å². The van der Waals surface area contributed by atoms with Crippen LogP contribution in [0.25, 0.3) is 10.9 Å². The number of halogens is 1. The Labute approximate surface area is 126 Å². The van der Waals surface area contributed by atoms with Gasteiger partial charge in [-0.3, -0.25) is 15.1 Å². The number of nitrogens with two attached hydrogens (primary N) is 1. The maximum Gasteiger partial charge on any atom is 0.237 e. The van der Waals surface area contributed by atoms with Gasteiger partial charge < -0.3 is 5.73 Å². The summed E-state index contributed by atoms with van der Waals surface area (Å²) in [6.45, 7) is 4.31. The molecule has 0 bridgehead atoms. The average Bonchev–Trinajstić information content (AvgIpc) is 2.46. The highest BCUT2D eigenvalue weighted by Gasteiger charge is 2.28. The van der Waals surface area contributed by atoms with Crippen LogP contribution in [-0.4, -0.2) is 16.4 Å². The highest BCUT2D eigenvalue weighted by molar-refractivity contribution is 9.10. The van der Waals surface area contributed by atoms with E-state index >= 15 is 0 Å². The van der Waals surface area contributed by atoms with E-state index in [9.17, 15) is 4.79 Å². The summed E-state index contributed by atoms with van der Waals surface area (Å²) >= 11 is 3.52. The van der Waals surface area contributed by atoms with Crippen molar-refractivity contribution >= 4 is 32.7 Å². The van der Waals surface area contributed by atoms with Crippen molar-refractivity contribution in [2.24, 2.45) is 5.73 Å². The fraction of sp³-hybridized carbons (Fsp3) is 0.333. The predicted molar refractivity (Wildman–Crippen MR) is 84.2 cm³/mol. The fourth-order valence-corrected chi connectivity index (χ4v) is 2.47. The van der Waals surface area contributed by atoms with E-state index in [4.69, 9.17) is 5.73 Å². The number of hydrogen-bond acceptors (Lipinski definition) is 3. The van der Waals surface area contributed by atoms with E-state index in [1.54, 1.807) is 6.20 Å². The lowest BCUT2D eigenvalue weighted by Gasteiger charge is -2.26. The Morgan fingerprint density at radius 3 is 2.85 bits per heavy atom. The molecule has 0 aliphatic rings. The van der Waals surface area contributed by atoms with Crippen molar-refractivity contribution in [1.29, 1.82) is 0 Å². The van der Waals surface area contributed by atoms with Gasteiger partial charge in [0.25, 0.3) is 0 Å². The van der Waals surface area contributed by atoms with Gasteiger partial charge in [0.1, 0.15) is 0 Å². The molecule has 2 rings (SSSR count). The molecule has 1 amide bonds. The van der Waals surface area contributed by atoms with Crippen LogP contribution in [0, 0.1) is 0 Å². The normalized spacial score (nSPS) is 14.2. The largest absolute Gasteiger partial charge is 0.368 e. The van der Waals surface area contributed by atoms with Crippen molar-refractivity contribution in [2.75, 3.05) is 0 Å². The molecular weight excluding hydrogens is 318 g/mol. The van der Waals surface area contributed by atoms with E-state index in [2.05, 4.69) is 26.2 Å². The third kappa shape index (κ3) is 2.83. The minimum atomic E-state index is -0.700. The molecule has 2 aromatic rings. The molecule has 3 N–H and O–H groups in total. The monoisotopic (exact) mass is 335 g/mol. The second-order valence-electron chi connectivity index (χ2n) is 5.01. The van der Waals surface area contributed by atoms with Gasteiger partial charge in [-0.05, 0) is 31.0 Å². The van der Waals surface area contributed by atoms with Crippen LogP contribution in [-0.2, 0) is 11.3 Å². The third-order valence-corrected chi connectivity index (χ3v) is 4.41. The first-order valence-electron chi connectivity index (χ1n) is 6.55. The van der Waals surface area contributed by atoms with E-state index < -0.39 is 5.54 Å². The topological polar surface area (TPSA) is 68.0 Å². The summed E-state index contributed by atoms with van der Waals surface area (Å²) in [6.07, 6.45) is 2.41. The molecule has 0 aliphatic heterocycles. The molecule has 4 nitrogen and oxygen atoms in total. The zero-order chi connectivity index (χ0) is 14.8. The van der Waals surface area contributed by atoms with Crippen molar-refractivity contribution in [3.05, 3.63) is 40.5 Å². The molecule has 5 heteroatoms. The second kappa shape index (κ2) is 5.89. The smallest absolute Gasteiger partial charge is 0.237 e. The van der Waals surface area contributed by atoms with Crippen LogP contribution >= 0.6 is 15.9 Å². The van der Waals surface area contributed by atoms with Crippen molar-refractivity contribution in [3.63, 3.8) is 0 Å². The summed E-state index contributed by atoms with van der Waals surface area (Å²) in [4.78, 5) is 16.0. The Hall–Kier alpha value is -1.46. The molecule has 0 radical (unpaired) electrons. The van der Waals surface area contributed by atoms with E-state index in [0.717, 1.165) is 20.9 Å². The van der Waals surface area contributed by atoms with Gasteiger partial charge in [-0.1, -0.05) is 35.0 Å². The highest BCUT2D eigenvalue weighted by Crippen LogP contribution is 2.25. The van der Waals surface area contributed by atoms with Crippen LogP contribution in [0.1, 0.15) is 25.8 Å². The molecule has 0 saturated heterocycles. The number of aromatic nitrogens is 1. The molecule has 20 heavy (non-hydrogen) atoms. The van der Waals surface area contributed by atoms with Crippen molar-refractivity contribution in [3.8, 4) is 0 Å². The Bertz CT molecular complexity index is 644. The Kier molecular flexibility index (Phi) is 4.40. The number of pyridine rings is 1. The molecule has 1 aromatic heterocycles. The standard InChI is InChI=1S/C15H18BrN3O/c1-3-15(2,14(17)20)19-9-10-6-7-12(16)11-5-4-8-18-13(10)11/h4-8,19H,3,9H2,1-2H3,(H2,17,20)/t15-/m1/s1. The number of nitrogens with zero attached hydrogens (tertiary/aromatic N) is 1. The number of amides is 1. The van der Waals surface area contributed by atoms with Crippen LogP contribution in [0.2, 0.25) is 0 Å². The number of carbonyl (C=O) groups is 1. The second-order valence-corrected chi connectivity index (χ2v) is 5.86. The van der Waals surface area contributed by atoms with Gasteiger partial charge >= 0.3 is 0 Å². The molecule has 1 atom stereocenters. The van der Waals surface area contributed by atoms with Gasteiger partial charge in [0.15, 0.2) is 0 Å². The van der Waals surface area contributed by atoms with Crippen LogP contribution in [0.15, 0.2) is 34.9 Å². The molecule has 1 heterocycles. The van der Waals surface area contributed by atoms with Crippen molar-refractivity contribution in [2.45, 2.75) is 32.4 Å². The molecule has 106 valence electrons. The first kappa shape index (κ1) is 14.9. The van der Waals surface area contributed by atoms with E-state index in [1.165, 1.54) is 0 Å². The number of nitrogens with one attached hydrogen (secondary N) is 1. The number of benzene rings is 1. The first-order chi connectivity index (χ1) is 9.48. The molecule has 0 unspecified atom stereocenters. The van der Waals surface area contributed by atoms with Crippen molar-refractivity contribution in [1.82, 2.24) is 10.3 Å². The molecule has 0 aliphatic carbocycles. The van der Waals surface area contributed by atoms with E-state index in [-0.39, 0.29) is 5.91 Å². The Morgan fingerprint density at radius 1 is 1.45 bits per heavy atom. The SMILES string of the molecule is CC[C@@](C)(NCc1ccc(Br)c2cccnc12)C(N)=O. The van der Waals surface area contributed by atoms with Gasteiger partial charge in [0.2, 0.25) is 5.91 Å². The summed E-state index contributed by atoms with van der Waals surface area (Å²) in [7, 11) is 0. The van der Waals surface area contributed by atoms with E-state index in [0.29, 0.717) is 13.0 Å². The lowest BCUT2D eigenvalue weighted by molar-refractivity contribution is -0.124. The van der Waals surface area contributed by atoms with Gasteiger partial charge in [0, 0.05) is 22.6 Å². The van der Waals surface area contributed by atoms with Gasteiger partial charge in [-0.2, -0.15) is 0 Å². The number of primary amides is 1. The summed E-state index contributed by atoms with van der Waals surface area (Å²) in [5.74, 6) is -0.339. The minimum absolute atomic E-state index is 0.339. The summed E-state index contributed by atoms with van der Waals surface area (Å²) in [5, 5.41) is 4.30. The Morgan fingerprint density at radius 2 is 2.20 bits per heavy atom. The number of fused-ring (bicyclic) bond motifs is 1. The highest BCUT2D eigenvalue weighted by atomic mass is 79.9. The molecule has 0 fully saturated rings. The van der Waals surface area contributed by atoms with Gasteiger partial charge in [0.05, 0.1) is 11.1 Å². The summed E-state index contributed by atoms with van der Waals surface area (Å²) in [5.41, 5.74) is 6.73. The zero-order valence-electron chi connectivity index (χ0n) is 11.6. The van der Waals surface area contributed by atoms with Crippen LogP contribution < -0.4 is 11.1 Å². The van der Waals surface area contributed by atoms with Crippen LogP contribution in [0.5, 0.6) is 0 Å². The maximum absolute atomic E-state index is 11.5. The minimum Gasteiger partial charge on any atom is -0.368 e. The fourth-order valence-electron chi connectivity index (χ4n) is 2.02. The number of carbonyl (C=O) groups excluding carboxylic acids is 1. The lowest BCUT2D eigenvalue weighted by atomic mass is 9.97. The number of hydrogen-bond donors (Lipinski definition) is 2. The predicted octanol–water partition coefficient (Wildman–Crippen LogP) is 2.74. The number of rotatable bonds is 5. The maximum atomic E-state index is 11.5. The van der Waals surface area contributed by atoms with E-state index in [1.807, 2.05) is 38.1 Å². The first-order valence-corrected chi connectivity index (χ1v) is 7.34. The molecular formula is C15H18BrN3O. The lowest BCUT2D eigenvalue weighted by Crippen LogP contribution is -2.52. The zero-order valence-corrected chi connectivity index (χ0v) is 13.2. The molecule has 0 saturated carbocycles. The summed E-state index contributed by atoms with van der Waals surface area (Å²) in [6, 6.07) is 7.92.